The molecule has 9 nitrogen and oxygen atoms in total. The minimum Gasteiger partial charge on any atom is -0.497 e. The molecule has 2 aromatic rings. The SMILES string of the molecule is COc1cccc(CN(C)C[C@@H]2OCc3cnnn3CCCC(=O)N([C@@H](C)CO)C[C@@H]2C)c1. The zero-order chi connectivity index (χ0) is 23.8. The van der Waals surface area contributed by atoms with Gasteiger partial charge < -0.3 is 19.5 Å². The summed E-state index contributed by atoms with van der Waals surface area (Å²) in [7, 11) is 3.74. The van der Waals surface area contributed by atoms with E-state index in [-0.39, 0.29) is 30.6 Å². The lowest BCUT2D eigenvalue weighted by atomic mass is 10.0. The predicted octanol–water partition coefficient (Wildman–Crippen LogP) is 1.94. The molecule has 0 unspecified atom stereocenters. The van der Waals surface area contributed by atoms with Crippen molar-refractivity contribution < 1.29 is 19.4 Å². The first-order valence-electron chi connectivity index (χ1n) is 11.6. The number of aliphatic hydroxyl groups is 1. The van der Waals surface area contributed by atoms with Crippen LogP contribution in [0.2, 0.25) is 0 Å². The molecule has 3 rings (SSSR count). The Morgan fingerprint density at radius 1 is 1.39 bits per heavy atom. The van der Waals surface area contributed by atoms with Crippen LogP contribution in [-0.2, 0) is 29.2 Å². The molecule has 0 radical (unpaired) electrons. The number of methoxy groups -OCH3 is 1. The van der Waals surface area contributed by atoms with Crippen LogP contribution in [0.15, 0.2) is 30.5 Å². The number of nitrogens with zero attached hydrogens (tertiary/aromatic N) is 5. The van der Waals surface area contributed by atoms with Gasteiger partial charge in [-0.1, -0.05) is 24.3 Å². The summed E-state index contributed by atoms with van der Waals surface area (Å²) in [6, 6.07) is 7.81. The molecule has 0 aliphatic carbocycles. The molecule has 3 atom stereocenters. The summed E-state index contributed by atoms with van der Waals surface area (Å²) >= 11 is 0. The highest BCUT2D eigenvalue weighted by atomic mass is 16.5. The largest absolute Gasteiger partial charge is 0.497 e. The van der Waals surface area contributed by atoms with Gasteiger partial charge in [0.25, 0.3) is 0 Å². The third-order valence-corrected chi connectivity index (χ3v) is 6.22. The summed E-state index contributed by atoms with van der Waals surface area (Å²) < 4.78 is 13.6. The number of ether oxygens (including phenoxy) is 2. The third kappa shape index (κ3) is 6.99. The molecule has 0 bridgehead atoms. The number of benzene rings is 1. The van der Waals surface area contributed by atoms with E-state index in [2.05, 4.69) is 35.2 Å². The summed E-state index contributed by atoms with van der Waals surface area (Å²) in [6.45, 7) is 6.93. The topological polar surface area (TPSA) is 93.0 Å². The van der Waals surface area contributed by atoms with E-state index in [0.29, 0.717) is 39.1 Å². The molecule has 0 saturated heterocycles. The molecule has 1 aromatic heterocycles. The highest BCUT2D eigenvalue weighted by Gasteiger charge is 2.28. The standard InChI is InChI=1S/C24H37N5O4/c1-18-13-28(19(2)16-30)24(31)9-6-10-29-21(12-25-26-29)17-33-23(18)15-27(3)14-20-7-5-8-22(11-20)32-4/h5,7-8,11-12,18-19,23,30H,6,9-10,13-17H2,1-4H3/t18-,19-,23-/m0/s1. The molecule has 1 aliphatic heterocycles. The van der Waals surface area contributed by atoms with Gasteiger partial charge in [-0.05, 0) is 38.1 Å². The Kier molecular flexibility index (Phi) is 9.22. The van der Waals surface area contributed by atoms with Gasteiger partial charge in [0.1, 0.15) is 5.75 Å². The lowest BCUT2D eigenvalue weighted by Gasteiger charge is -2.35. The molecule has 2 heterocycles. The second-order valence-corrected chi connectivity index (χ2v) is 9.00. The van der Waals surface area contributed by atoms with Gasteiger partial charge in [-0.25, -0.2) is 4.68 Å². The number of carbonyl (C=O) groups excluding carboxylic acids is 1. The average Bonchev–Trinajstić information content (AvgIpc) is 3.25. The van der Waals surface area contributed by atoms with E-state index >= 15 is 0 Å². The van der Waals surface area contributed by atoms with Crippen LogP contribution >= 0.6 is 0 Å². The summed E-state index contributed by atoms with van der Waals surface area (Å²) in [5.74, 6) is 0.957. The molecule has 1 N–H and O–H groups in total. The van der Waals surface area contributed by atoms with Gasteiger partial charge >= 0.3 is 0 Å². The van der Waals surface area contributed by atoms with Crippen molar-refractivity contribution in [3.63, 3.8) is 0 Å². The van der Waals surface area contributed by atoms with Gasteiger partial charge in [-0.2, -0.15) is 0 Å². The van der Waals surface area contributed by atoms with Crippen molar-refractivity contribution >= 4 is 5.91 Å². The number of hydrogen-bond donors (Lipinski definition) is 1. The van der Waals surface area contributed by atoms with Crippen LogP contribution < -0.4 is 4.74 Å². The average molecular weight is 460 g/mol. The maximum atomic E-state index is 13.0. The Morgan fingerprint density at radius 3 is 2.97 bits per heavy atom. The number of likely N-dealkylation sites (N-methyl/N-ethyl adjacent to an activating group) is 1. The van der Waals surface area contributed by atoms with Gasteiger partial charge in [0.15, 0.2) is 0 Å². The van der Waals surface area contributed by atoms with E-state index in [1.54, 1.807) is 18.2 Å². The maximum Gasteiger partial charge on any atom is 0.222 e. The van der Waals surface area contributed by atoms with E-state index in [1.807, 2.05) is 29.8 Å². The lowest BCUT2D eigenvalue weighted by molar-refractivity contribution is -0.136. The minimum absolute atomic E-state index is 0.0501. The number of aryl methyl sites for hydroxylation is 1. The molecule has 1 amide bonds. The summed E-state index contributed by atoms with van der Waals surface area (Å²) in [6.07, 6.45) is 2.70. The third-order valence-electron chi connectivity index (χ3n) is 6.22. The highest BCUT2D eigenvalue weighted by Crippen LogP contribution is 2.19. The number of amides is 1. The molecular weight excluding hydrogens is 422 g/mol. The van der Waals surface area contributed by atoms with Crippen LogP contribution in [0, 0.1) is 5.92 Å². The van der Waals surface area contributed by atoms with Crippen LogP contribution in [0.25, 0.3) is 0 Å². The smallest absolute Gasteiger partial charge is 0.222 e. The molecule has 33 heavy (non-hydrogen) atoms. The Morgan fingerprint density at radius 2 is 2.21 bits per heavy atom. The molecule has 0 spiro atoms. The van der Waals surface area contributed by atoms with Crippen LogP contribution in [0.1, 0.15) is 37.9 Å². The fourth-order valence-corrected chi connectivity index (χ4v) is 4.20. The number of aliphatic hydroxyl groups excluding tert-OH is 1. The van der Waals surface area contributed by atoms with Crippen LogP contribution in [-0.4, -0.2) is 81.8 Å². The van der Waals surface area contributed by atoms with E-state index in [9.17, 15) is 9.90 Å². The Hall–Kier alpha value is -2.49. The van der Waals surface area contributed by atoms with E-state index < -0.39 is 0 Å². The molecular formula is C24H37N5O4. The number of fused-ring (bicyclic) bond motifs is 1. The number of rotatable bonds is 7. The summed E-state index contributed by atoms with van der Waals surface area (Å²) in [5, 5.41) is 17.9. The van der Waals surface area contributed by atoms with Crippen molar-refractivity contribution in [1.29, 1.82) is 0 Å². The van der Waals surface area contributed by atoms with Gasteiger partial charge in [-0.3, -0.25) is 9.69 Å². The Labute approximate surface area is 196 Å². The fraction of sp³-hybridized carbons (Fsp3) is 0.625. The molecule has 182 valence electrons. The van der Waals surface area contributed by atoms with Crippen molar-refractivity contribution in [3.8, 4) is 5.75 Å². The van der Waals surface area contributed by atoms with E-state index in [1.165, 1.54) is 0 Å². The van der Waals surface area contributed by atoms with Gasteiger partial charge in [0.2, 0.25) is 5.91 Å². The van der Waals surface area contributed by atoms with E-state index in [4.69, 9.17) is 9.47 Å². The summed E-state index contributed by atoms with van der Waals surface area (Å²) in [5.41, 5.74) is 2.07. The first-order chi connectivity index (χ1) is 15.9. The maximum absolute atomic E-state index is 13.0. The van der Waals surface area contributed by atoms with Gasteiger partial charge in [0, 0.05) is 38.5 Å². The van der Waals surface area contributed by atoms with Crippen molar-refractivity contribution in [2.75, 3.05) is 33.9 Å². The van der Waals surface area contributed by atoms with Crippen LogP contribution in [0.4, 0.5) is 0 Å². The molecule has 9 heteroatoms. The van der Waals surface area contributed by atoms with E-state index in [0.717, 1.165) is 23.6 Å². The normalized spacial score (nSPS) is 21.3. The van der Waals surface area contributed by atoms with Crippen molar-refractivity contribution in [1.82, 2.24) is 24.8 Å². The van der Waals surface area contributed by atoms with Crippen molar-refractivity contribution in [2.24, 2.45) is 5.92 Å². The van der Waals surface area contributed by atoms with Crippen LogP contribution in [0.5, 0.6) is 5.75 Å². The zero-order valence-corrected chi connectivity index (χ0v) is 20.2. The minimum atomic E-state index is -0.236. The summed E-state index contributed by atoms with van der Waals surface area (Å²) in [4.78, 5) is 17.0. The number of hydrogen-bond acceptors (Lipinski definition) is 7. The fourth-order valence-electron chi connectivity index (χ4n) is 4.20. The monoisotopic (exact) mass is 459 g/mol. The zero-order valence-electron chi connectivity index (χ0n) is 20.2. The molecule has 1 aliphatic rings. The van der Waals surface area contributed by atoms with Gasteiger partial charge in [-0.15, -0.1) is 5.10 Å². The second-order valence-electron chi connectivity index (χ2n) is 9.00. The van der Waals surface area contributed by atoms with Crippen LogP contribution in [0.3, 0.4) is 0 Å². The van der Waals surface area contributed by atoms with Crippen molar-refractivity contribution in [2.45, 2.75) is 58.5 Å². The Balaban J connectivity index is 1.77. The first kappa shape index (κ1) is 25.1. The predicted molar refractivity (Wildman–Crippen MR) is 125 cm³/mol. The lowest BCUT2D eigenvalue weighted by Crippen LogP contribution is -2.47. The highest BCUT2D eigenvalue weighted by molar-refractivity contribution is 5.76. The quantitative estimate of drug-likeness (QED) is 0.676. The van der Waals surface area contributed by atoms with Crippen molar-refractivity contribution in [3.05, 3.63) is 41.7 Å². The molecule has 0 fully saturated rings. The second kappa shape index (κ2) is 12.1. The Bertz CT molecular complexity index is 889. The number of carbonyl (C=O) groups is 1. The molecule has 0 saturated carbocycles. The number of aromatic nitrogens is 3. The molecule has 1 aromatic carbocycles. The van der Waals surface area contributed by atoms with Gasteiger partial charge in [0.05, 0.1) is 44.4 Å². The first-order valence-corrected chi connectivity index (χ1v) is 11.6.